The Morgan fingerprint density at radius 2 is 1.76 bits per heavy atom. The highest BCUT2D eigenvalue weighted by atomic mass is 79.9. The molecule has 0 fully saturated rings. The number of fused-ring (bicyclic) bond motifs is 1. The van der Waals surface area contributed by atoms with Crippen LogP contribution in [-0.4, -0.2) is 26.3 Å². The van der Waals surface area contributed by atoms with Crippen LogP contribution in [0, 0.1) is 0 Å². The lowest BCUT2D eigenvalue weighted by molar-refractivity contribution is 0.0699. The SMILES string of the molecule is O=C(O)c1cc(-c2nnc(-c3ccccc3)o2)nc2ccc(Br)cc12. The smallest absolute Gasteiger partial charge is 0.336 e. The van der Waals surface area contributed by atoms with Crippen molar-refractivity contribution in [3.63, 3.8) is 0 Å². The second-order valence-electron chi connectivity index (χ2n) is 5.30. The lowest BCUT2D eigenvalue weighted by Crippen LogP contribution is -2.00. The first-order valence-electron chi connectivity index (χ1n) is 7.35. The number of halogens is 1. The third kappa shape index (κ3) is 2.89. The van der Waals surface area contributed by atoms with E-state index in [1.165, 1.54) is 6.07 Å². The van der Waals surface area contributed by atoms with Crippen molar-refractivity contribution in [3.8, 4) is 23.0 Å². The summed E-state index contributed by atoms with van der Waals surface area (Å²) in [6.07, 6.45) is 0. The Bertz CT molecular complexity index is 1090. The summed E-state index contributed by atoms with van der Waals surface area (Å²) >= 11 is 3.35. The highest BCUT2D eigenvalue weighted by Gasteiger charge is 2.17. The summed E-state index contributed by atoms with van der Waals surface area (Å²) in [5.74, 6) is -0.522. The van der Waals surface area contributed by atoms with Crippen LogP contribution in [0.15, 0.2) is 63.5 Å². The van der Waals surface area contributed by atoms with Crippen LogP contribution in [0.4, 0.5) is 0 Å². The maximum absolute atomic E-state index is 11.6. The van der Waals surface area contributed by atoms with E-state index in [2.05, 4.69) is 31.1 Å². The number of aromatic nitrogens is 3. The van der Waals surface area contributed by atoms with Gasteiger partial charge in [0.05, 0.1) is 11.1 Å². The molecule has 0 saturated carbocycles. The predicted octanol–water partition coefficient (Wildman–Crippen LogP) is 4.41. The normalized spacial score (nSPS) is 10.9. The number of hydrogen-bond donors (Lipinski definition) is 1. The van der Waals surface area contributed by atoms with Crippen molar-refractivity contribution in [2.45, 2.75) is 0 Å². The molecule has 2 aromatic carbocycles. The molecule has 0 spiro atoms. The van der Waals surface area contributed by atoms with E-state index in [0.29, 0.717) is 22.5 Å². The van der Waals surface area contributed by atoms with Gasteiger partial charge < -0.3 is 9.52 Å². The fourth-order valence-electron chi connectivity index (χ4n) is 2.51. The Morgan fingerprint density at radius 3 is 2.52 bits per heavy atom. The molecule has 0 atom stereocenters. The number of carbonyl (C=O) groups is 1. The molecule has 122 valence electrons. The number of aromatic carboxylic acids is 1. The summed E-state index contributed by atoms with van der Waals surface area (Å²) in [5, 5.41) is 18.1. The van der Waals surface area contributed by atoms with E-state index in [1.807, 2.05) is 30.3 Å². The van der Waals surface area contributed by atoms with E-state index < -0.39 is 5.97 Å². The number of carboxylic acids is 1. The molecule has 0 aliphatic heterocycles. The van der Waals surface area contributed by atoms with Crippen molar-refractivity contribution in [2.75, 3.05) is 0 Å². The van der Waals surface area contributed by atoms with Gasteiger partial charge in [0, 0.05) is 15.4 Å². The fourth-order valence-corrected chi connectivity index (χ4v) is 2.87. The Hall–Kier alpha value is -3.06. The summed E-state index contributed by atoms with van der Waals surface area (Å²) in [6, 6.07) is 16.0. The fraction of sp³-hybridized carbons (Fsp3) is 0. The molecule has 0 aliphatic carbocycles. The van der Waals surface area contributed by atoms with Gasteiger partial charge in [-0.25, -0.2) is 9.78 Å². The molecule has 7 heteroatoms. The molecule has 2 heterocycles. The van der Waals surface area contributed by atoms with E-state index in [4.69, 9.17) is 4.42 Å². The van der Waals surface area contributed by atoms with Crippen molar-refractivity contribution in [1.29, 1.82) is 0 Å². The van der Waals surface area contributed by atoms with Crippen LogP contribution < -0.4 is 0 Å². The van der Waals surface area contributed by atoms with Crippen LogP contribution in [0.2, 0.25) is 0 Å². The minimum atomic E-state index is -1.05. The third-order valence-electron chi connectivity index (χ3n) is 3.67. The van der Waals surface area contributed by atoms with Gasteiger partial charge in [-0.2, -0.15) is 0 Å². The second kappa shape index (κ2) is 6.10. The van der Waals surface area contributed by atoms with Crippen molar-refractivity contribution < 1.29 is 14.3 Å². The molecule has 0 aliphatic rings. The highest BCUT2D eigenvalue weighted by Crippen LogP contribution is 2.28. The van der Waals surface area contributed by atoms with Gasteiger partial charge in [0.15, 0.2) is 0 Å². The van der Waals surface area contributed by atoms with Crippen LogP contribution >= 0.6 is 15.9 Å². The zero-order valence-corrected chi connectivity index (χ0v) is 14.3. The van der Waals surface area contributed by atoms with Crippen LogP contribution in [0.5, 0.6) is 0 Å². The molecule has 4 aromatic rings. The van der Waals surface area contributed by atoms with Crippen LogP contribution in [0.25, 0.3) is 33.9 Å². The number of benzene rings is 2. The maximum atomic E-state index is 11.6. The molecule has 0 amide bonds. The van der Waals surface area contributed by atoms with Crippen molar-refractivity contribution in [1.82, 2.24) is 15.2 Å². The number of carboxylic acid groups (broad SMARTS) is 1. The van der Waals surface area contributed by atoms with Gasteiger partial charge in [-0.15, -0.1) is 10.2 Å². The first-order chi connectivity index (χ1) is 12.1. The standard InChI is InChI=1S/C18H10BrN3O3/c19-11-6-7-14-12(8-11)13(18(23)24)9-15(20-14)17-22-21-16(25-17)10-4-2-1-3-5-10/h1-9H,(H,23,24). The molecule has 0 unspecified atom stereocenters. The predicted molar refractivity (Wildman–Crippen MR) is 95.1 cm³/mol. The molecule has 0 radical (unpaired) electrons. The topological polar surface area (TPSA) is 89.1 Å². The minimum Gasteiger partial charge on any atom is -0.478 e. The highest BCUT2D eigenvalue weighted by molar-refractivity contribution is 9.10. The molecule has 6 nitrogen and oxygen atoms in total. The van der Waals surface area contributed by atoms with E-state index in [-0.39, 0.29) is 11.5 Å². The van der Waals surface area contributed by atoms with Gasteiger partial charge in [0.25, 0.3) is 5.89 Å². The van der Waals surface area contributed by atoms with Crippen molar-refractivity contribution >= 4 is 32.8 Å². The van der Waals surface area contributed by atoms with Crippen LogP contribution in [-0.2, 0) is 0 Å². The Kier molecular flexibility index (Phi) is 3.77. The van der Waals surface area contributed by atoms with Gasteiger partial charge in [-0.05, 0) is 36.4 Å². The summed E-state index contributed by atoms with van der Waals surface area (Å²) in [5.41, 5.74) is 1.77. The van der Waals surface area contributed by atoms with E-state index >= 15 is 0 Å². The molecule has 0 saturated heterocycles. The number of nitrogens with zero attached hydrogens (tertiary/aromatic N) is 3. The van der Waals surface area contributed by atoms with E-state index in [0.717, 1.165) is 10.0 Å². The number of rotatable bonds is 3. The first kappa shape index (κ1) is 15.5. The zero-order chi connectivity index (χ0) is 17.4. The molecule has 2 aromatic heterocycles. The molecule has 25 heavy (non-hydrogen) atoms. The van der Waals surface area contributed by atoms with Crippen molar-refractivity contribution in [2.24, 2.45) is 0 Å². The number of pyridine rings is 1. The maximum Gasteiger partial charge on any atom is 0.336 e. The van der Waals surface area contributed by atoms with Crippen molar-refractivity contribution in [3.05, 3.63) is 64.6 Å². The zero-order valence-electron chi connectivity index (χ0n) is 12.7. The molecule has 4 rings (SSSR count). The lowest BCUT2D eigenvalue weighted by atomic mass is 10.1. The van der Waals surface area contributed by atoms with Gasteiger partial charge >= 0.3 is 5.97 Å². The average Bonchev–Trinajstić information content (AvgIpc) is 3.11. The monoisotopic (exact) mass is 395 g/mol. The Morgan fingerprint density at radius 1 is 1.00 bits per heavy atom. The largest absolute Gasteiger partial charge is 0.478 e. The Labute approximate surface area is 150 Å². The quantitative estimate of drug-likeness (QED) is 0.552. The third-order valence-corrected chi connectivity index (χ3v) is 4.16. The first-order valence-corrected chi connectivity index (χ1v) is 8.14. The van der Waals surface area contributed by atoms with Gasteiger partial charge in [-0.1, -0.05) is 34.1 Å². The van der Waals surface area contributed by atoms with Crippen LogP contribution in [0.3, 0.4) is 0 Å². The lowest BCUT2D eigenvalue weighted by Gasteiger charge is -2.05. The molecule has 1 N–H and O–H groups in total. The van der Waals surface area contributed by atoms with Gasteiger partial charge in [-0.3, -0.25) is 0 Å². The minimum absolute atomic E-state index is 0.126. The Balaban J connectivity index is 1.86. The second-order valence-corrected chi connectivity index (χ2v) is 6.22. The summed E-state index contributed by atoms with van der Waals surface area (Å²) in [6.45, 7) is 0. The van der Waals surface area contributed by atoms with Gasteiger partial charge in [0.1, 0.15) is 5.69 Å². The average molecular weight is 396 g/mol. The summed E-state index contributed by atoms with van der Waals surface area (Å²) in [7, 11) is 0. The van der Waals surface area contributed by atoms with E-state index in [1.54, 1.807) is 18.2 Å². The van der Waals surface area contributed by atoms with E-state index in [9.17, 15) is 9.90 Å². The molecular weight excluding hydrogens is 386 g/mol. The van der Waals surface area contributed by atoms with Gasteiger partial charge in [0.2, 0.25) is 5.89 Å². The summed E-state index contributed by atoms with van der Waals surface area (Å²) < 4.78 is 6.46. The summed E-state index contributed by atoms with van der Waals surface area (Å²) in [4.78, 5) is 16.1. The van der Waals surface area contributed by atoms with Crippen LogP contribution in [0.1, 0.15) is 10.4 Å². The molecule has 0 bridgehead atoms. The number of hydrogen-bond acceptors (Lipinski definition) is 5. The molecular formula is C18H10BrN3O3.